The average molecular weight is 1340 g/mol. The molecule has 424 valence electrons. The van der Waals surface area contributed by atoms with Gasteiger partial charge in [-0.25, -0.2) is 0 Å². The Morgan fingerprint density at radius 1 is 0.342 bits per heavy atom. The van der Waals surface area contributed by atoms with Crippen molar-refractivity contribution >= 4 is 91.7 Å². The molecule has 4 aromatic carbocycles. The lowest BCUT2D eigenvalue weighted by Crippen LogP contribution is -2.54. The Labute approximate surface area is 498 Å². The van der Waals surface area contributed by atoms with E-state index in [-0.39, 0.29) is 10.8 Å². The lowest BCUT2D eigenvalue weighted by atomic mass is 9.70. The minimum atomic E-state index is -2.97. The summed E-state index contributed by atoms with van der Waals surface area (Å²) in [5.74, 6) is 0. The summed E-state index contributed by atoms with van der Waals surface area (Å²) in [6.07, 6.45) is 36.1. The van der Waals surface area contributed by atoms with Gasteiger partial charge in [0.05, 0.1) is 0 Å². The van der Waals surface area contributed by atoms with Crippen molar-refractivity contribution in [2.75, 3.05) is 42.7 Å². The molecule has 0 spiro atoms. The summed E-state index contributed by atoms with van der Waals surface area (Å²) in [5.41, 5.74) is 11.2. The first kappa shape index (κ1) is 65.8. The van der Waals surface area contributed by atoms with E-state index in [1.165, 1.54) is 220 Å². The summed E-state index contributed by atoms with van der Waals surface area (Å²) in [4.78, 5) is 0. The smallest absolute Gasteiger partial charge is 0.373 e. The number of benzene rings is 4. The second-order valence-corrected chi connectivity index (χ2v) is 30.9. The third-order valence-corrected chi connectivity index (χ3v) is 26.0. The Morgan fingerprint density at radius 3 is 1.04 bits per heavy atom. The van der Waals surface area contributed by atoms with Crippen molar-refractivity contribution in [2.24, 2.45) is 0 Å². The monoisotopic (exact) mass is 1330 g/mol. The Balaban J connectivity index is 0.000000281. The van der Waals surface area contributed by atoms with Crippen LogP contribution in [-0.2, 0) is 37.4 Å². The van der Waals surface area contributed by atoms with E-state index >= 15 is 0 Å². The van der Waals surface area contributed by atoms with Crippen LogP contribution in [0.2, 0.25) is 0 Å². The summed E-state index contributed by atoms with van der Waals surface area (Å²) >= 11 is 15.6. The van der Waals surface area contributed by atoms with Gasteiger partial charge in [0.25, 0.3) is 0 Å². The fourth-order valence-electron chi connectivity index (χ4n) is 12.8. The molecule has 0 fully saturated rings. The van der Waals surface area contributed by atoms with Crippen molar-refractivity contribution < 1.29 is 26.6 Å². The van der Waals surface area contributed by atoms with E-state index in [1.54, 1.807) is 42.7 Å². The fourth-order valence-corrected chi connectivity index (χ4v) is 18.6. The number of hydrogen-bond acceptors (Lipinski definition) is 6. The van der Waals surface area contributed by atoms with E-state index in [0.717, 1.165) is 32.2 Å². The van der Waals surface area contributed by atoms with Crippen molar-refractivity contribution in [3.8, 4) is 22.3 Å². The molecule has 0 aromatic heterocycles. The number of hydrogen-bond donors (Lipinski definition) is 0. The van der Waals surface area contributed by atoms with E-state index in [2.05, 4.69) is 152 Å². The van der Waals surface area contributed by atoms with E-state index in [9.17, 15) is 0 Å². The molecule has 12 heteroatoms. The Hall–Kier alpha value is -1.01. The third kappa shape index (κ3) is 15.5. The first-order valence-corrected chi connectivity index (χ1v) is 36.1. The molecule has 6 rings (SSSR count). The summed E-state index contributed by atoms with van der Waals surface area (Å²) in [6.45, 7) is 9.16. The molecule has 0 radical (unpaired) electrons. The highest BCUT2D eigenvalue weighted by Gasteiger charge is 2.49. The molecule has 0 amide bonds. The Bertz CT molecular complexity index is 2320. The number of rotatable bonds is 36. The molecule has 0 aliphatic heterocycles. The zero-order valence-corrected chi connectivity index (χ0v) is 56.9. The van der Waals surface area contributed by atoms with Crippen LogP contribution in [0.3, 0.4) is 0 Å². The maximum Gasteiger partial charge on any atom is 0.536 e. The van der Waals surface area contributed by atoms with Gasteiger partial charge in [-0.3, -0.25) is 0 Å². The fraction of sp³-hybridized carbons (Fsp3) is 0.625. The molecule has 76 heavy (non-hydrogen) atoms. The second kappa shape index (κ2) is 33.2. The van der Waals surface area contributed by atoms with Crippen LogP contribution in [0.5, 0.6) is 0 Å². The first-order valence-electron chi connectivity index (χ1n) is 29.5. The minimum Gasteiger partial charge on any atom is -0.373 e. The number of unbranched alkanes of at least 4 members (excludes halogenated alkanes) is 20. The van der Waals surface area contributed by atoms with Gasteiger partial charge in [-0.2, -0.15) is 0 Å². The van der Waals surface area contributed by atoms with Crippen molar-refractivity contribution in [3.05, 3.63) is 101 Å². The summed E-state index contributed by atoms with van der Waals surface area (Å²) in [7, 11) is 4.32. The van der Waals surface area contributed by atoms with Crippen LogP contribution >= 0.6 is 63.7 Å². The second-order valence-electron chi connectivity index (χ2n) is 21.7. The molecule has 0 atom stereocenters. The molecule has 0 N–H and O–H groups in total. The standard InChI is InChI=1S/C32H47Br3O3Si.C32H49BrO3Si/c1-6-8-10-12-14-16-20-32(21-17-15-13-11-9-7-2)27-22-24(39(36-3,37-4)38-5)18-19-25(27)26-23-28(33)30(34)31(35)29(26)32;1-6-8-10-12-14-16-22-32(23-17-15-13-11-9-7-2)30-24-26(33)18-20-28(30)29-21-19-27(25-31(29)32)37(34-3,35-4)36-5/h18-19,22-23H,6-17,20-21H2,1-5H3;18-21,24-25H,6-17,22-23H2,1-5H3. The van der Waals surface area contributed by atoms with Crippen LogP contribution in [0.25, 0.3) is 22.3 Å². The predicted octanol–water partition coefficient (Wildman–Crippen LogP) is 20.1. The van der Waals surface area contributed by atoms with Gasteiger partial charge in [-0.1, -0.05) is 240 Å². The van der Waals surface area contributed by atoms with Gasteiger partial charge < -0.3 is 26.6 Å². The van der Waals surface area contributed by atoms with Gasteiger partial charge in [0, 0.05) is 81.8 Å². The van der Waals surface area contributed by atoms with Crippen LogP contribution in [0.4, 0.5) is 0 Å². The van der Waals surface area contributed by atoms with Gasteiger partial charge in [-0.05, 0) is 136 Å². The Morgan fingerprint density at radius 2 is 0.658 bits per heavy atom. The average Bonchev–Trinajstić information content (AvgIpc) is 3.87. The lowest BCUT2D eigenvalue weighted by Gasteiger charge is -2.35. The maximum atomic E-state index is 5.93. The van der Waals surface area contributed by atoms with Crippen molar-refractivity contribution in [1.82, 2.24) is 0 Å². The molecule has 2 aliphatic rings. The van der Waals surface area contributed by atoms with E-state index in [0.29, 0.717) is 0 Å². The minimum absolute atomic E-state index is 0.0231. The topological polar surface area (TPSA) is 55.4 Å². The van der Waals surface area contributed by atoms with Crippen LogP contribution in [0.15, 0.2) is 78.6 Å². The van der Waals surface area contributed by atoms with Crippen molar-refractivity contribution in [1.29, 1.82) is 0 Å². The lowest BCUT2D eigenvalue weighted by molar-refractivity contribution is 0.140. The van der Waals surface area contributed by atoms with Crippen LogP contribution in [0, 0.1) is 0 Å². The molecule has 2 aliphatic carbocycles. The van der Waals surface area contributed by atoms with Crippen LogP contribution < -0.4 is 10.4 Å². The zero-order chi connectivity index (χ0) is 55.2. The summed E-state index contributed by atoms with van der Waals surface area (Å²) < 4.78 is 40.0. The number of fused-ring (bicyclic) bond motifs is 6. The molecule has 0 heterocycles. The van der Waals surface area contributed by atoms with Gasteiger partial charge in [-0.15, -0.1) is 0 Å². The molecule has 4 aromatic rings. The molecule has 6 nitrogen and oxygen atoms in total. The number of halogens is 4. The van der Waals surface area contributed by atoms with E-state index in [1.807, 2.05) is 0 Å². The van der Waals surface area contributed by atoms with Gasteiger partial charge in [0.2, 0.25) is 0 Å². The Kier molecular flexibility index (Phi) is 28.7. The molecular weight excluding hydrogens is 1240 g/mol. The predicted molar refractivity (Wildman–Crippen MR) is 341 cm³/mol. The maximum absolute atomic E-state index is 5.93. The summed E-state index contributed by atoms with van der Waals surface area (Å²) in [6, 6.07) is 22.8. The van der Waals surface area contributed by atoms with Crippen molar-refractivity contribution in [2.45, 2.75) is 218 Å². The van der Waals surface area contributed by atoms with Gasteiger partial charge in [0.1, 0.15) is 0 Å². The van der Waals surface area contributed by atoms with E-state index < -0.39 is 17.6 Å². The normalized spacial score (nSPS) is 14.1. The molecule has 0 unspecified atom stereocenters. The van der Waals surface area contributed by atoms with Crippen LogP contribution in [0.1, 0.15) is 230 Å². The SMILES string of the molecule is CCCCCCCCC1(CCCCCCCC)c2cc(Br)ccc2-c2ccc([Si](OC)(OC)OC)cc21.CCCCCCCCC1(CCCCCCCC)c2cc([Si](OC)(OC)OC)ccc2-c2cc(Br)c(Br)c(Br)c21. The molecule has 0 saturated carbocycles. The molecule has 0 bridgehead atoms. The summed E-state index contributed by atoms with van der Waals surface area (Å²) in [5, 5.41) is 2.09. The van der Waals surface area contributed by atoms with Crippen LogP contribution in [-0.4, -0.2) is 60.3 Å². The molecule has 0 saturated heterocycles. The van der Waals surface area contributed by atoms with Gasteiger partial charge in [0.15, 0.2) is 0 Å². The van der Waals surface area contributed by atoms with Crippen molar-refractivity contribution in [3.63, 3.8) is 0 Å². The molecular formula is C64H96Br4O6Si2. The highest BCUT2D eigenvalue weighted by molar-refractivity contribution is 9.14. The van der Waals surface area contributed by atoms with Gasteiger partial charge >= 0.3 is 17.6 Å². The zero-order valence-electron chi connectivity index (χ0n) is 48.5. The van der Waals surface area contributed by atoms with E-state index in [4.69, 9.17) is 26.6 Å². The first-order chi connectivity index (χ1) is 36.9. The highest BCUT2D eigenvalue weighted by atomic mass is 79.9. The quantitative estimate of drug-likeness (QED) is 0.0257. The highest BCUT2D eigenvalue weighted by Crippen LogP contribution is 2.59. The largest absolute Gasteiger partial charge is 0.536 e. The third-order valence-electron chi connectivity index (χ3n) is 16.9.